The summed E-state index contributed by atoms with van der Waals surface area (Å²) >= 11 is 0. The molecule has 0 heterocycles. The van der Waals surface area contributed by atoms with E-state index in [9.17, 15) is 9.59 Å². The number of allylic oxidation sites excluding steroid dienone is 2. The number of ether oxygens (including phenoxy) is 2. The van der Waals surface area contributed by atoms with Gasteiger partial charge in [0.1, 0.15) is 11.5 Å². The molecular weight excluding hydrogens is 304 g/mol. The number of esters is 2. The van der Waals surface area contributed by atoms with Gasteiger partial charge in [-0.2, -0.15) is 0 Å². The van der Waals surface area contributed by atoms with Crippen LogP contribution in [0.25, 0.3) is 10.8 Å². The summed E-state index contributed by atoms with van der Waals surface area (Å²) < 4.78 is 10.6. The summed E-state index contributed by atoms with van der Waals surface area (Å²) in [4.78, 5) is 22.7. The molecule has 0 atom stereocenters. The zero-order valence-electron chi connectivity index (χ0n) is 13.9. The van der Waals surface area contributed by atoms with Crippen LogP contribution in [0.2, 0.25) is 0 Å². The highest BCUT2D eigenvalue weighted by atomic mass is 16.5. The van der Waals surface area contributed by atoms with E-state index in [-0.39, 0.29) is 11.9 Å². The second-order valence-corrected chi connectivity index (χ2v) is 5.40. The van der Waals surface area contributed by atoms with Crippen LogP contribution in [0, 0.1) is 0 Å². The fourth-order valence-electron chi connectivity index (χ4n) is 2.65. The van der Waals surface area contributed by atoms with Gasteiger partial charge in [-0.25, -0.2) is 0 Å². The lowest BCUT2D eigenvalue weighted by atomic mass is 9.95. The molecule has 0 aliphatic carbocycles. The molecule has 0 aromatic heterocycles. The summed E-state index contributed by atoms with van der Waals surface area (Å²) in [6, 6.07) is 7.36. The van der Waals surface area contributed by atoms with E-state index >= 15 is 0 Å². The van der Waals surface area contributed by atoms with Crippen LogP contribution in [0.3, 0.4) is 0 Å². The van der Waals surface area contributed by atoms with Crippen molar-refractivity contribution < 1.29 is 19.1 Å². The number of fused-ring (bicyclic) bond motifs is 1. The van der Waals surface area contributed by atoms with Crippen molar-refractivity contribution in [2.75, 3.05) is 0 Å². The van der Waals surface area contributed by atoms with Gasteiger partial charge in [-0.1, -0.05) is 18.2 Å². The third kappa shape index (κ3) is 3.90. The number of hydrogen-bond donors (Lipinski definition) is 0. The van der Waals surface area contributed by atoms with Crippen LogP contribution < -0.4 is 9.47 Å². The largest absolute Gasteiger partial charge is 0.427 e. The Morgan fingerprint density at radius 1 is 1.00 bits per heavy atom. The zero-order chi connectivity index (χ0) is 17.7. The first-order valence-corrected chi connectivity index (χ1v) is 7.63. The molecule has 4 heteroatoms. The number of benzene rings is 2. The molecule has 2 aromatic carbocycles. The molecule has 0 saturated heterocycles. The second kappa shape index (κ2) is 7.59. The molecule has 0 radical (unpaired) electrons. The molecule has 0 N–H and O–H groups in total. The van der Waals surface area contributed by atoms with E-state index < -0.39 is 0 Å². The molecule has 0 unspecified atom stereocenters. The average molecular weight is 324 g/mol. The van der Waals surface area contributed by atoms with Crippen LogP contribution in [0.4, 0.5) is 0 Å². The van der Waals surface area contributed by atoms with Crippen molar-refractivity contribution in [3.8, 4) is 11.5 Å². The third-order valence-corrected chi connectivity index (χ3v) is 3.47. The van der Waals surface area contributed by atoms with E-state index in [1.807, 2.05) is 12.1 Å². The van der Waals surface area contributed by atoms with Gasteiger partial charge in [-0.05, 0) is 47.4 Å². The van der Waals surface area contributed by atoms with Gasteiger partial charge in [0.25, 0.3) is 0 Å². The predicted molar refractivity (Wildman–Crippen MR) is 94.4 cm³/mol. The molecule has 0 aliphatic heterocycles. The molecule has 0 amide bonds. The van der Waals surface area contributed by atoms with Crippen molar-refractivity contribution in [1.29, 1.82) is 0 Å². The Morgan fingerprint density at radius 2 is 1.67 bits per heavy atom. The first kappa shape index (κ1) is 17.5. The lowest BCUT2D eigenvalue weighted by Crippen LogP contribution is -2.07. The molecule has 24 heavy (non-hydrogen) atoms. The van der Waals surface area contributed by atoms with Gasteiger partial charge < -0.3 is 9.47 Å². The lowest BCUT2D eigenvalue weighted by Gasteiger charge is -2.16. The van der Waals surface area contributed by atoms with Crippen LogP contribution in [0.15, 0.2) is 49.6 Å². The molecule has 0 aliphatic rings. The highest BCUT2D eigenvalue weighted by Gasteiger charge is 2.16. The maximum absolute atomic E-state index is 11.5. The summed E-state index contributed by atoms with van der Waals surface area (Å²) in [7, 11) is 0. The van der Waals surface area contributed by atoms with Gasteiger partial charge in [0.15, 0.2) is 0 Å². The first-order valence-electron chi connectivity index (χ1n) is 7.63. The maximum Gasteiger partial charge on any atom is 0.308 e. The molecule has 0 saturated carbocycles. The summed E-state index contributed by atoms with van der Waals surface area (Å²) in [6.45, 7) is 10.3. The summed E-state index contributed by atoms with van der Waals surface area (Å²) in [5.74, 6) is 0.199. The number of hydrogen-bond acceptors (Lipinski definition) is 4. The van der Waals surface area contributed by atoms with Crippen LogP contribution in [-0.2, 0) is 22.4 Å². The average Bonchev–Trinajstić information content (AvgIpc) is 2.50. The number of rotatable bonds is 6. The summed E-state index contributed by atoms with van der Waals surface area (Å²) in [5, 5.41) is 1.83. The molecule has 2 rings (SSSR count). The normalized spacial score (nSPS) is 10.2. The number of carbonyl (C=O) groups is 2. The van der Waals surface area contributed by atoms with Crippen molar-refractivity contribution in [2.45, 2.75) is 26.7 Å². The summed E-state index contributed by atoms with van der Waals surface area (Å²) in [5.41, 5.74) is 1.72. The minimum atomic E-state index is -0.388. The molecule has 0 bridgehead atoms. The van der Waals surface area contributed by atoms with Crippen LogP contribution in [-0.4, -0.2) is 11.9 Å². The van der Waals surface area contributed by atoms with Crippen molar-refractivity contribution >= 4 is 22.7 Å². The Bertz CT molecular complexity index is 818. The van der Waals surface area contributed by atoms with Crippen LogP contribution in [0.1, 0.15) is 25.0 Å². The minimum Gasteiger partial charge on any atom is -0.427 e. The minimum absolute atomic E-state index is 0.386. The fraction of sp³-hybridized carbons (Fsp3) is 0.200. The van der Waals surface area contributed by atoms with E-state index in [1.165, 1.54) is 13.8 Å². The van der Waals surface area contributed by atoms with E-state index in [2.05, 4.69) is 13.2 Å². The first-order chi connectivity index (χ1) is 11.5. The van der Waals surface area contributed by atoms with Crippen molar-refractivity contribution in [1.82, 2.24) is 0 Å². The SMILES string of the molecule is C=CCc1cc2ccc(OC(C)=O)cc2c(CC=C)c1OC(C)=O. The van der Waals surface area contributed by atoms with Crippen molar-refractivity contribution in [3.63, 3.8) is 0 Å². The third-order valence-electron chi connectivity index (χ3n) is 3.47. The van der Waals surface area contributed by atoms with Crippen LogP contribution >= 0.6 is 0 Å². The molecule has 2 aromatic rings. The standard InChI is InChI=1S/C20H20O4/c1-5-7-16-11-15-9-10-17(23-13(3)21)12-19(15)18(8-6-2)20(16)24-14(4)22/h5-6,9-12H,1-2,7-8H2,3-4H3. The Kier molecular flexibility index (Phi) is 5.53. The van der Waals surface area contributed by atoms with Crippen molar-refractivity contribution in [2.24, 2.45) is 0 Å². The fourth-order valence-corrected chi connectivity index (χ4v) is 2.65. The predicted octanol–water partition coefficient (Wildman–Crippen LogP) is 4.15. The molecule has 124 valence electrons. The van der Waals surface area contributed by atoms with Gasteiger partial charge in [-0.3, -0.25) is 9.59 Å². The zero-order valence-corrected chi connectivity index (χ0v) is 13.9. The van der Waals surface area contributed by atoms with Gasteiger partial charge in [0, 0.05) is 19.4 Å². The number of carbonyl (C=O) groups excluding carboxylic acids is 2. The molecule has 0 spiro atoms. The van der Waals surface area contributed by atoms with E-state index in [0.29, 0.717) is 24.3 Å². The topological polar surface area (TPSA) is 52.6 Å². The van der Waals surface area contributed by atoms with Crippen molar-refractivity contribution in [3.05, 3.63) is 60.7 Å². The Hall–Kier alpha value is -2.88. The Balaban J connectivity index is 2.75. The Labute approximate surface area is 141 Å². The maximum atomic E-state index is 11.5. The van der Waals surface area contributed by atoms with Gasteiger partial charge in [0.2, 0.25) is 0 Å². The molecule has 4 nitrogen and oxygen atoms in total. The smallest absolute Gasteiger partial charge is 0.308 e. The Morgan fingerprint density at radius 3 is 2.25 bits per heavy atom. The monoisotopic (exact) mass is 324 g/mol. The van der Waals surface area contributed by atoms with E-state index in [4.69, 9.17) is 9.47 Å². The molecular formula is C20H20O4. The van der Waals surface area contributed by atoms with E-state index in [0.717, 1.165) is 21.9 Å². The second-order valence-electron chi connectivity index (χ2n) is 5.40. The highest BCUT2D eigenvalue weighted by Crippen LogP contribution is 2.35. The quantitative estimate of drug-likeness (QED) is 0.455. The van der Waals surface area contributed by atoms with E-state index in [1.54, 1.807) is 24.3 Å². The van der Waals surface area contributed by atoms with Gasteiger partial charge in [0.05, 0.1) is 0 Å². The summed E-state index contributed by atoms with van der Waals surface area (Å²) in [6.07, 6.45) is 4.61. The van der Waals surface area contributed by atoms with Gasteiger partial charge >= 0.3 is 11.9 Å². The highest BCUT2D eigenvalue weighted by molar-refractivity contribution is 5.91. The van der Waals surface area contributed by atoms with Crippen LogP contribution in [0.5, 0.6) is 11.5 Å². The molecule has 0 fully saturated rings. The van der Waals surface area contributed by atoms with Gasteiger partial charge in [-0.15, -0.1) is 13.2 Å². The lowest BCUT2D eigenvalue weighted by molar-refractivity contribution is -0.132.